The van der Waals surface area contributed by atoms with Crippen molar-refractivity contribution >= 4 is 49.8 Å². The molecular weight excluding hydrogens is 474 g/mol. The van der Waals surface area contributed by atoms with Crippen molar-refractivity contribution in [3.63, 3.8) is 0 Å². The minimum atomic E-state index is 0.0317. The monoisotopic (exact) mass is 485 g/mol. The highest BCUT2D eigenvalue weighted by molar-refractivity contribution is 9.11. The molecule has 0 bridgehead atoms. The predicted molar refractivity (Wildman–Crippen MR) is 104 cm³/mol. The van der Waals surface area contributed by atoms with Gasteiger partial charge in [0.1, 0.15) is 18.2 Å². The van der Waals surface area contributed by atoms with E-state index in [2.05, 4.69) is 42.3 Å². The van der Waals surface area contributed by atoms with Crippen molar-refractivity contribution in [2.24, 2.45) is 0 Å². The number of nitrogens with zero attached hydrogens (tertiary/aromatic N) is 2. The number of aromatic nitrogens is 2. The highest BCUT2D eigenvalue weighted by atomic mass is 79.9. The van der Waals surface area contributed by atoms with Gasteiger partial charge in [0.25, 0.3) is 10.7 Å². The summed E-state index contributed by atoms with van der Waals surface area (Å²) in [5.74, 6) is 0.974. The summed E-state index contributed by atoms with van der Waals surface area (Å²) >= 11 is 11.9. The summed E-state index contributed by atoms with van der Waals surface area (Å²) in [6.07, 6.45) is 0. The molecule has 6 nitrogen and oxygen atoms in total. The van der Waals surface area contributed by atoms with Gasteiger partial charge in [0.15, 0.2) is 0 Å². The Balaban J connectivity index is 1.88. The number of methoxy groups -OCH3 is 1. The van der Waals surface area contributed by atoms with Gasteiger partial charge in [-0.2, -0.15) is 0 Å². The maximum Gasteiger partial charge on any atom is 0.289 e. The fraction of sp³-hybridized carbons (Fsp3) is 0.125. The van der Waals surface area contributed by atoms with E-state index >= 15 is 0 Å². The molecule has 2 N–H and O–H groups in total. The van der Waals surface area contributed by atoms with Crippen molar-refractivity contribution in [3.8, 4) is 23.0 Å². The number of halogens is 2. The van der Waals surface area contributed by atoms with Crippen molar-refractivity contribution in [3.05, 3.63) is 50.2 Å². The van der Waals surface area contributed by atoms with Gasteiger partial charge < -0.3 is 19.6 Å². The van der Waals surface area contributed by atoms with Crippen molar-refractivity contribution < 1.29 is 14.3 Å². The molecule has 0 fully saturated rings. The summed E-state index contributed by atoms with van der Waals surface area (Å²) in [4.78, 5) is 0.188. The summed E-state index contributed by atoms with van der Waals surface area (Å²) in [7, 11) is 1.61. The van der Waals surface area contributed by atoms with Crippen LogP contribution in [0.25, 0.3) is 11.5 Å². The van der Waals surface area contributed by atoms with Crippen molar-refractivity contribution in [2.75, 3.05) is 12.4 Å². The first kappa shape index (κ1) is 18.0. The Bertz CT molecular complexity index is 971. The number of nitrogens with one attached hydrogen (secondary N) is 1. The van der Waals surface area contributed by atoms with Gasteiger partial charge in [-0.3, -0.25) is 0 Å². The van der Waals surface area contributed by atoms with Gasteiger partial charge in [-0.1, -0.05) is 28.1 Å². The smallest absolute Gasteiger partial charge is 0.289 e. The topological polar surface area (TPSA) is 72.5 Å². The van der Waals surface area contributed by atoms with E-state index < -0.39 is 0 Å². The minimum absolute atomic E-state index is 0.0317. The van der Waals surface area contributed by atoms with Crippen LogP contribution in [-0.2, 0) is 6.67 Å². The molecule has 3 rings (SSSR count). The molecule has 0 radical (unpaired) electrons. The summed E-state index contributed by atoms with van der Waals surface area (Å²) in [5.41, 5.74) is 1.24. The molecule has 0 saturated heterocycles. The van der Waals surface area contributed by atoms with Crippen LogP contribution < -0.4 is 10.1 Å². The normalized spacial score (nSPS) is 10.7. The SMILES string of the molecule is COc1ccccc1NCn1nc(-c2cc(Br)cc(Br)c2O)oc1=S. The minimum Gasteiger partial charge on any atom is -0.506 e. The van der Waals surface area contributed by atoms with Crippen LogP contribution in [0.1, 0.15) is 0 Å². The Kier molecular flexibility index (Phi) is 5.45. The molecule has 0 aliphatic carbocycles. The number of phenolic OH excluding ortho intramolecular Hbond substituents is 1. The number of anilines is 1. The molecule has 0 unspecified atom stereocenters. The average molecular weight is 487 g/mol. The fourth-order valence-electron chi connectivity index (χ4n) is 2.19. The first-order valence-electron chi connectivity index (χ1n) is 7.13. The summed E-state index contributed by atoms with van der Waals surface area (Å²) < 4.78 is 13.6. The van der Waals surface area contributed by atoms with Gasteiger partial charge in [-0.05, 0) is 52.4 Å². The zero-order valence-electron chi connectivity index (χ0n) is 13.0. The number of benzene rings is 2. The number of ether oxygens (including phenoxy) is 1. The van der Waals surface area contributed by atoms with E-state index in [0.29, 0.717) is 22.5 Å². The molecule has 0 atom stereocenters. The number of hydrogen-bond acceptors (Lipinski definition) is 6. The molecule has 130 valence electrons. The maximum atomic E-state index is 10.2. The lowest BCUT2D eigenvalue weighted by molar-refractivity contribution is 0.415. The second-order valence-corrected chi connectivity index (χ2v) is 7.11. The van der Waals surface area contributed by atoms with Crippen LogP contribution in [-0.4, -0.2) is 22.0 Å². The van der Waals surface area contributed by atoms with Crippen LogP contribution in [0.5, 0.6) is 11.5 Å². The fourth-order valence-corrected chi connectivity index (χ4v) is 3.60. The summed E-state index contributed by atoms with van der Waals surface area (Å²) in [6.45, 7) is 0.290. The third-order valence-corrected chi connectivity index (χ3v) is 4.75. The molecule has 0 amide bonds. The van der Waals surface area contributed by atoms with Crippen LogP contribution in [0, 0.1) is 4.84 Å². The lowest BCUT2D eigenvalue weighted by Gasteiger charge is -2.10. The van der Waals surface area contributed by atoms with Gasteiger partial charge in [0.05, 0.1) is 22.8 Å². The first-order valence-corrected chi connectivity index (χ1v) is 9.12. The molecule has 9 heteroatoms. The van der Waals surface area contributed by atoms with Gasteiger partial charge >= 0.3 is 0 Å². The number of para-hydroxylation sites is 2. The molecule has 3 aromatic rings. The van der Waals surface area contributed by atoms with Gasteiger partial charge in [-0.15, -0.1) is 5.10 Å². The zero-order chi connectivity index (χ0) is 18.0. The average Bonchev–Trinajstić information content (AvgIpc) is 2.97. The van der Waals surface area contributed by atoms with Crippen LogP contribution in [0.4, 0.5) is 5.69 Å². The molecule has 1 aromatic heterocycles. The Hall–Kier alpha value is -1.84. The molecule has 0 aliphatic heterocycles. The molecule has 25 heavy (non-hydrogen) atoms. The van der Waals surface area contributed by atoms with Gasteiger partial charge in [-0.25, -0.2) is 4.68 Å². The highest BCUT2D eigenvalue weighted by Gasteiger charge is 2.16. The predicted octanol–water partition coefficient (Wildman–Crippen LogP) is 5.18. The van der Waals surface area contributed by atoms with Crippen LogP contribution in [0.15, 0.2) is 49.8 Å². The third-order valence-electron chi connectivity index (χ3n) is 3.39. The molecular formula is C16H13Br2N3O3S. The van der Waals surface area contributed by atoms with Crippen molar-refractivity contribution in [1.29, 1.82) is 0 Å². The van der Waals surface area contributed by atoms with E-state index in [1.54, 1.807) is 19.2 Å². The molecule has 0 aliphatic rings. The number of rotatable bonds is 5. The zero-order valence-corrected chi connectivity index (χ0v) is 17.0. The summed E-state index contributed by atoms with van der Waals surface area (Å²) in [5, 5.41) is 17.7. The van der Waals surface area contributed by atoms with Gasteiger partial charge in [0.2, 0.25) is 0 Å². The molecule has 2 aromatic carbocycles. The van der Waals surface area contributed by atoms with E-state index in [1.165, 1.54) is 4.68 Å². The second kappa shape index (κ2) is 7.59. The van der Waals surface area contributed by atoms with Crippen LogP contribution in [0.2, 0.25) is 0 Å². The first-order chi connectivity index (χ1) is 12.0. The lowest BCUT2D eigenvalue weighted by Crippen LogP contribution is -2.10. The Labute approximate surface area is 165 Å². The standard InChI is InChI=1S/C16H13Br2N3O3S/c1-23-13-5-3-2-4-12(13)19-8-21-16(25)24-15(20-21)10-6-9(17)7-11(18)14(10)22/h2-7,19,22H,8H2,1H3. The van der Waals surface area contributed by atoms with Crippen molar-refractivity contribution in [2.45, 2.75) is 6.67 Å². The molecule has 1 heterocycles. The maximum absolute atomic E-state index is 10.2. The Morgan fingerprint density at radius 2 is 2.08 bits per heavy atom. The quantitative estimate of drug-likeness (QED) is 0.484. The largest absolute Gasteiger partial charge is 0.506 e. The summed E-state index contributed by atoms with van der Waals surface area (Å²) in [6, 6.07) is 11.0. The number of hydrogen-bond donors (Lipinski definition) is 2. The highest BCUT2D eigenvalue weighted by Crippen LogP contribution is 2.37. The Morgan fingerprint density at radius 1 is 1.32 bits per heavy atom. The van der Waals surface area contributed by atoms with E-state index in [9.17, 15) is 5.11 Å². The molecule has 0 saturated carbocycles. The second-order valence-electron chi connectivity index (χ2n) is 4.99. The lowest BCUT2D eigenvalue weighted by atomic mass is 10.2. The van der Waals surface area contributed by atoms with E-state index in [1.807, 2.05) is 24.3 Å². The Morgan fingerprint density at radius 3 is 2.84 bits per heavy atom. The number of aromatic hydroxyl groups is 1. The van der Waals surface area contributed by atoms with E-state index in [0.717, 1.165) is 10.2 Å². The van der Waals surface area contributed by atoms with Crippen molar-refractivity contribution in [1.82, 2.24) is 9.78 Å². The van der Waals surface area contributed by atoms with Crippen LogP contribution in [0.3, 0.4) is 0 Å². The molecule has 0 spiro atoms. The van der Waals surface area contributed by atoms with E-state index in [-0.39, 0.29) is 16.5 Å². The number of phenols is 1. The van der Waals surface area contributed by atoms with Gasteiger partial charge in [0, 0.05) is 4.47 Å². The third kappa shape index (κ3) is 3.88. The van der Waals surface area contributed by atoms with Crippen LogP contribution >= 0.6 is 44.1 Å². The van der Waals surface area contributed by atoms with E-state index in [4.69, 9.17) is 21.4 Å².